The van der Waals surface area contributed by atoms with Gasteiger partial charge in [-0.2, -0.15) is 5.26 Å². The zero-order valence-corrected chi connectivity index (χ0v) is 11.5. The molecule has 1 nitrogen and oxygen atoms in total. The molecule has 0 heterocycles. The number of hydrogen-bond acceptors (Lipinski definition) is 1. The molecule has 1 heteroatoms. The second-order valence-electron chi connectivity index (χ2n) is 6.25. The Balaban J connectivity index is 2.76. The summed E-state index contributed by atoms with van der Waals surface area (Å²) in [6, 6.07) is 12.9. The van der Waals surface area contributed by atoms with Crippen molar-refractivity contribution in [3.05, 3.63) is 35.9 Å². The molecule has 0 spiro atoms. The molecule has 17 heavy (non-hydrogen) atoms. The van der Waals surface area contributed by atoms with Crippen LogP contribution in [0.15, 0.2) is 30.3 Å². The number of rotatable bonds is 5. The van der Waals surface area contributed by atoms with Gasteiger partial charge in [-0.05, 0) is 29.2 Å². The lowest BCUT2D eigenvalue weighted by Crippen LogP contribution is -2.26. The number of nitrogens with zero attached hydrogens (tertiary/aromatic N) is 1. The highest BCUT2D eigenvalue weighted by Gasteiger charge is 2.29. The molecular formula is C16H23N. The van der Waals surface area contributed by atoms with Crippen LogP contribution in [0.5, 0.6) is 0 Å². The second-order valence-corrected chi connectivity index (χ2v) is 6.25. The third-order valence-corrected chi connectivity index (χ3v) is 3.39. The van der Waals surface area contributed by atoms with Gasteiger partial charge in [-0.3, -0.25) is 0 Å². The van der Waals surface area contributed by atoms with E-state index in [2.05, 4.69) is 64.1 Å². The minimum atomic E-state index is 0.167. The lowest BCUT2D eigenvalue weighted by molar-refractivity contribution is 0.241. The molecule has 0 aliphatic carbocycles. The Hall–Kier alpha value is -1.29. The second kappa shape index (κ2) is 5.36. The average molecular weight is 229 g/mol. The van der Waals surface area contributed by atoms with Gasteiger partial charge in [-0.1, -0.05) is 58.0 Å². The first-order chi connectivity index (χ1) is 7.87. The molecule has 0 aromatic heterocycles. The van der Waals surface area contributed by atoms with Crippen LogP contribution in [0.2, 0.25) is 0 Å². The predicted octanol–water partition coefficient (Wildman–Crippen LogP) is 4.68. The van der Waals surface area contributed by atoms with E-state index >= 15 is 0 Å². The highest BCUT2D eigenvalue weighted by molar-refractivity contribution is 5.23. The highest BCUT2D eigenvalue weighted by atomic mass is 14.3. The van der Waals surface area contributed by atoms with Gasteiger partial charge in [0.2, 0.25) is 0 Å². The van der Waals surface area contributed by atoms with Crippen LogP contribution in [0.4, 0.5) is 0 Å². The van der Waals surface area contributed by atoms with Crippen molar-refractivity contribution in [1.29, 1.82) is 5.26 Å². The summed E-state index contributed by atoms with van der Waals surface area (Å²) in [4.78, 5) is 0. The van der Waals surface area contributed by atoms with Gasteiger partial charge >= 0.3 is 0 Å². The maximum absolute atomic E-state index is 8.69. The van der Waals surface area contributed by atoms with Gasteiger partial charge in [-0.15, -0.1) is 0 Å². The molecule has 92 valence electrons. The van der Waals surface area contributed by atoms with Gasteiger partial charge in [0.1, 0.15) is 0 Å². The minimum Gasteiger partial charge on any atom is -0.198 e. The molecule has 0 radical (unpaired) electrons. The quantitative estimate of drug-likeness (QED) is 0.719. The summed E-state index contributed by atoms with van der Waals surface area (Å²) in [5.41, 5.74) is 1.76. The molecule has 0 saturated carbocycles. The Morgan fingerprint density at radius 1 is 1.06 bits per heavy atom. The summed E-state index contributed by atoms with van der Waals surface area (Å²) in [6.45, 7) is 9.09. The normalized spacial score (nSPS) is 12.2. The summed E-state index contributed by atoms with van der Waals surface area (Å²) in [5.74, 6) is 0. The standard InChI is InChI=1S/C16H23N/c1-15(2,11-8-12-17)13-16(3,4)14-9-6-5-7-10-14/h5-7,9-10H,8,11,13H2,1-4H3. The largest absolute Gasteiger partial charge is 0.198 e. The third-order valence-electron chi connectivity index (χ3n) is 3.39. The van der Waals surface area contributed by atoms with E-state index in [1.807, 2.05) is 0 Å². The first kappa shape index (κ1) is 13.8. The highest BCUT2D eigenvalue weighted by Crippen LogP contribution is 2.38. The summed E-state index contributed by atoms with van der Waals surface area (Å²) in [6.07, 6.45) is 2.73. The van der Waals surface area contributed by atoms with E-state index in [0.717, 1.165) is 12.8 Å². The lowest BCUT2D eigenvalue weighted by Gasteiger charge is -2.35. The molecule has 0 atom stereocenters. The van der Waals surface area contributed by atoms with Crippen molar-refractivity contribution in [3.63, 3.8) is 0 Å². The van der Waals surface area contributed by atoms with Crippen molar-refractivity contribution in [2.45, 2.75) is 52.4 Å². The van der Waals surface area contributed by atoms with E-state index < -0.39 is 0 Å². The Kier molecular flexibility index (Phi) is 4.34. The Labute approximate surface area is 105 Å². The summed E-state index contributed by atoms with van der Waals surface area (Å²) in [5, 5.41) is 8.69. The summed E-state index contributed by atoms with van der Waals surface area (Å²) >= 11 is 0. The predicted molar refractivity (Wildman–Crippen MR) is 72.7 cm³/mol. The number of hydrogen-bond donors (Lipinski definition) is 0. The van der Waals surface area contributed by atoms with Gasteiger partial charge in [0.25, 0.3) is 0 Å². The Morgan fingerprint density at radius 3 is 2.18 bits per heavy atom. The van der Waals surface area contributed by atoms with Gasteiger partial charge in [-0.25, -0.2) is 0 Å². The number of nitriles is 1. The van der Waals surface area contributed by atoms with Crippen LogP contribution >= 0.6 is 0 Å². The van der Waals surface area contributed by atoms with E-state index in [9.17, 15) is 0 Å². The van der Waals surface area contributed by atoms with Crippen LogP contribution < -0.4 is 0 Å². The van der Waals surface area contributed by atoms with Crippen LogP contribution in [0.25, 0.3) is 0 Å². The zero-order valence-electron chi connectivity index (χ0n) is 11.5. The maximum Gasteiger partial charge on any atom is 0.0621 e. The molecule has 0 aliphatic heterocycles. The molecule has 0 N–H and O–H groups in total. The molecule has 1 rings (SSSR count). The van der Waals surface area contributed by atoms with E-state index in [-0.39, 0.29) is 10.8 Å². The van der Waals surface area contributed by atoms with Crippen LogP contribution in [0, 0.1) is 16.7 Å². The third kappa shape index (κ3) is 4.23. The fourth-order valence-corrected chi connectivity index (χ4v) is 2.67. The lowest BCUT2D eigenvalue weighted by atomic mass is 9.70. The Bertz CT molecular complexity index is 382. The summed E-state index contributed by atoms with van der Waals surface area (Å²) < 4.78 is 0. The summed E-state index contributed by atoms with van der Waals surface area (Å²) in [7, 11) is 0. The molecule has 0 amide bonds. The smallest absolute Gasteiger partial charge is 0.0621 e. The van der Waals surface area contributed by atoms with Crippen LogP contribution in [-0.4, -0.2) is 0 Å². The minimum absolute atomic E-state index is 0.167. The van der Waals surface area contributed by atoms with E-state index in [1.165, 1.54) is 5.56 Å². The van der Waals surface area contributed by atoms with Gasteiger partial charge < -0.3 is 0 Å². The SMILES string of the molecule is CC(C)(CCC#N)CC(C)(C)c1ccccc1. The molecule has 1 aromatic carbocycles. The molecule has 0 fully saturated rings. The van der Waals surface area contributed by atoms with Gasteiger partial charge in [0, 0.05) is 6.42 Å². The molecule has 0 bridgehead atoms. The topological polar surface area (TPSA) is 23.8 Å². The van der Waals surface area contributed by atoms with E-state index in [0.29, 0.717) is 6.42 Å². The van der Waals surface area contributed by atoms with Crippen molar-refractivity contribution in [2.75, 3.05) is 0 Å². The van der Waals surface area contributed by atoms with Crippen molar-refractivity contribution >= 4 is 0 Å². The molecule has 0 aliphatic rings. The van der Waals surface area contributed by atoms with Crippen LogP contribution in [-0.2, 0) is 5.41 Å². The van der Waals surface area contributed by atoms with Crippen LogP contribution in [0.3, 0.4) is 0 Å². The average Bonchev–Trinajstić information content (AvgIpc) is 2.26. The van der Waals surface area contributed by atoms with Gasteiger partial charge in [0.15, 0.2) is 0 Å². The van der Waals surface area contributed by atoms with E-state index in [4.69, 9.17) is 5.26 Å². The molecular weight excluding hydrogens is 206 g/mol. The fourth-order valence-electron chi connectivity index (χ4n) is 2.67. The zero-order chi connectivity index (χ0) is 12.9. The monoisotopic (exact) mass is 229 g/mol. The first-order valence-electron chi connectivity index (χ1n) is 6.30. The molecule has 0 unspecified atom stereocenters. The van der Waals surface area contributed by atoms with Crippen LogP contribution in [0.1, 0.15) is 52.5 Å². The fraction of sp³-hybridized carbons (Fsp3) is 0.562. The maximum atomic E-state index is 8.69. The molecule has 1 aromatic rings. The van der Waals surface area contributed by atoms with Crippen molar-refractivity contribution in [2.24, 2.45) is 5.41 Å². The van der Waals surface area contributed by atoms with Gasteiger partial charge in [0.05, 0.1) is 6.07 Å². The Morgan fingerprint density at radius 2 is 1.65 bits per heavy atom. The van der Waals surface area contributed by atoms with E-state index in [1.54, 1.807) is 0 Å². The first-order valence-corrected chi connectivity index (χ1v) is 6.30. The van der Waals surface area contributed by atoms with Crippen molar-refractivity contribution in [1.82, 2.24) is 0 Å². The molecule has 0 saturated heterocycles. The van der Waals surface area contributed by atoms with Crippen molar-refractivity contribution in [3.8, 4) is 6.07 Å². The van der Waals surface area contributed by atoms with Crippen molar-refractivity contribution < 1.29 is 0 Å². The number of benzene rings is 1.